The molecule has 2 amide bonds. The maximum absolute atomic E-state index is 12.2. The van der Waals surface area contributed by atoms with Crippen LogP contribution in [0.5, 0.6) is 0 Å². The van der Waals surface area contributed by atoms with E-state index in [1.807, 2.05) is 13.8 Å². The Bertz CT molecular complexity index is 476. The van der Waals surface area contributed by atoms with Crippen LogP contribution in [0.4, 0.5) is 0 Å². The van der Waals surface area contributed by atoms with Gasteiger partial charge in [-0.2, -0.15) is 0 Å². The minimum Gasteiger partial charge on any atom is -0.463 e. The summed E-state index contributed by atoms with van der Waals surface area (Å²) in [6.07, 6.45) is 0.284. The van der Waals surface area contributed by atoms with Gasteiger partial charge in [-0.15, -0.1) is 0 Å². The lowest BCUT2D eigenvalue weighted by molar-refractivity contribution is -0.153. The number of carbonyl (C=O) groups is 4. The summed E-state index contributed by atoms with van der Waals surface area (Å²) in [5, 5.41) is 4.99. The standard InChI is InChI=1S/C16H29N3O5/c1-8(2)7-11(13(20)16(23)24-6)19-14(21)10(5)18-15(22)12(17)9(3)4/h8-12H,7,17H2,1-6H3,(H,18,22)(H,19,21). The fraction of sp³-hybridized carbons (Fsp3) is 0.750. The minimum atomic E-state index is -1.01. The third kappa shape index (κ3) is 7.08. The molecule has 0 aromatic carbocycles. The molecule has 0 aromatic heterocycles. The van der Waals surface area contributed by atoms with Crippen molar-refractivity contribution in [2.45, 2.75) is 59.2 Å². The van der Waals surface area contributed by atoms with E-state index in [1.165, 1.54) is 6.92 Å². The lowest BCUT2D eigenvalue weighted by Crippen LogP contribution is -2.55. The third-order valence-corrected chi connectivity index (χ3v) is 3.50. The number of Topliss-reactive ketones (excluding diaryl/α,β-unsaturated/α-hetero) is 1. The molecule has 8 heteroatoms. The Morgan fingerprint density at radius 2 is 1.50 bits per heavy atom. The molecule has 0 spiro atoms. The van der Waals surface area contributed by atoms with Crippen LogP contribution in [0.3, 0.4) is 0 Å². The summed E-state index contributed by atoms with van der Waals surface area (Å²) in [6.45, 7) is 8.79. The van der Waals surface area contributed by atoms with Gasteiger partial charge in [-0.1, -0.05) is 27.7 Å². The number of ether oxygens (including phenoxy) is 1. The second-order valence-electron chi connectivity index (χ2n) is 6.55. The number of rotatable bonds is 9. The smallest absolute Gasteiger partial charge is 0.376 e. The van der Waals surface area contributed by atoms with Crippen molar-refractivity contribution in [2.24, 2.45) is 17.6 Å². The van der Waals surface area contributed by atoms with Gasteiger partial charge >= 0.3 is 5.97 Å². The quantitative estimate of drug-likeness (QED) is 0.391. The summed E-state index contributed by atoms with van der Waals surface area (Å²) in [5.41, 5.74) is 5.72. The molecule has 138 valence electrons. The lowest BCUT2D eigenvalue weighted by Gasteiger charge is -2.23. The van der Waals surface area contributed by atoms with Crippen LogP contribution >= 0.6 is 0 Å². The Morgan fingerprint density at radius 1 is 0.958 bits per heavy atom. The summed E-state index contributed by atoms with van der Waals surface area (Å²) in [6, 6.07) is -2.62. The Morgan fingerprint density at radius 3 is 1.92 bits per heavy atom. The normalized spacial score (nSPS) is 14.7. The topological polar surface area (TPSA) is 128 Å². The molecule has 0 radical (unpaired) electrons. The fourth-order valence-corrected chi connectivity index (χ4v) is 1.92. The van der Waals surface area contributed by atoms with E-state index in [1.54, 1.807) is 13.8 Å². The highest BCUT2D eigenvalue weighted by atomic mass is 16.5. The summed E-state index contributed by atoms with van der Waals surface area (Å²) < 4.78 is 4.41. The molecule has 0 heterocycles. The number of hydrogen-bond donors (Lipinski definition) is 3. The number of nitrogens with two attached hydrogens (primary N) is 1. The van der Waals surface area contributed by atoms with Gasteiger partial charge < -0.3 is 21.1 Å². The van der Waals surface area contributed by atoms with Crippen molar-refractivity contribution in [3.63, 3.8) is 0 Å². The van der Waals surface area contributed by atoms with E-state index in [2.05, 4.69) is 15.4 Å². The molecule has 3 unspecified atom stereocenters. The number of hydrogen-bond acceptors (Lipinski definition) is 6. The molecule has 0 bridgehead atoms. The van der Waals surface area contributed by atoms with Gasteiger partial charge in [0.2, 0.25) is 11.8 Å². The zero-order valence-corrected chi connectivity index (χ0v) is 15.2. The largest absolute Gasteiger partial charge is 0.463 e. The first-order valence-corrected chi connectivity index (χ1v) is 7.99. The monoisotopic (exact) mass is 343 g/mol. The average Bonchev–Trinajstić information content (AvgIpc) is 2.50. The first-order chi connectivity index (χ1) is 11.0. The van der Waals surface area contributed by atoms with Gasteiger partial charge in [0.1, 0.15) is 6.04 Å². The van der Waals surface area contributed by atoms with Gasteiger partial charge in [0.05, 0.1) is 19.2 Å². The number of esters is 1. The molecule has 0 fully saturated rings. The Hall–Kier alpha value is -1.96. The molecule has 0 aliphatic carbocycles. The van der Waals surface area contributed by atoms with Crippen molar-refractivity contribution in [3.8, 4) is 0 Å². The van der Waals surface area contributed by atoms with Gasteiger partial charge in [0, 0.05) is 0 Å². The zero-order valence-electron chi connectivity index (χ0n) is 15.2. The number of ketones is 1. The second kappa shape index (κ2) is 10.0. The lowest BCUT2D eigenvalue weighted by atomic mass is 9.99. The molecular weight excluding hydrogens is 314 g/mol. The van der Waals surface area contributed by atoms with Crippen LogP contribution < -0.4 is 16.4 Å². The van der Waals surface area contributed by atoms with Crippen molar-refractivity contribution in [1.29, 1.82) is 0 Å². The maximum Gasteiger partial charge on any atom is 0.376 e. The van der Waals surface area contributed by atoms with Gasteiger partial charge in [-0.3, -0.25) is 14.4 Å². The van der Waals surface area contributed by atoms with E-state index in [9.17, 15) is 19.2 Å². The second-order valence-corrected chi connectivity index (χ2v) is 6.55. The third-order valence-electron chi connectivity index (χ3n) is 3.50. The number of carbonyl (C=O) groups excluding carboxylic acids is 4. The molecule has 8 nitrogen and oxygen atoms in total. The fourth-order valence-electron chi connectivity index (χ4n) is 1.92. The van der Waals surface area contributed by atoms with Crippen molar-refractivity contribution < 1.29 is 23.9 Å². The summed E-state index contributed by atoms with van der Waals surface area (Å²) in [5.74, 6) is -2.86. The average molecular weight is 343 g/mol. The van der Waals surface area contributed by atoms with Crippen LogP contribution in [0.2, 0.25) is 0 Å². The van der Waals surface area contributed by atoms with Gasteiger partial charge in [0.15, 0.2) is 0 Å². The van der Waals surface area contributed by atoms with Crippen LogP contribution in [0.15, 0.2) is 0 Å². The summed E-state index contributed by atoms with van der Waals surface area (Å²) >= 11 is 0. The highest BCUT2D eigenvalue weighted by molar-refractivity contribution is 6.36. The molecule has 0 saturated carbocycles. The predicted molar refractivity (Wildman–Crippen MR) is 88.8 cm³/mol. The van der Waals surface area contributed by atoms with E-state index < -0.39 is 41.7 Å². The molecule has 0 aliphatic heterocycles. The first-order valence-electron chi connectivity index (χ1n) is 7.99. The van der Waals surface area contributed by atoms with Crippen molar-refractivity contribution in [3.05, 3.63) is 0 Å². The van der Waals surface area contributed by atoms with Gasteiger partial charge in [0.25, 0.3) is 5.78 Å². The molecular formula is C16H29N3O5. The minimum absolute atomic E-state index is 0.0724. The van der Waals surface area contributed by atoms with E-state index in [4.69, 9.17) is 5.73 Å². The molecule has 24 heavy (non-hydrogen) atoms. The van der Waals surface area contributed by atoms with Crippen LogP contribution in [0.25, 0.3) is 0 Å². The number of methoxy groups -OCH3 is 1. The molecule has 0 aliphatic rings. The Balaban J connectivity index is 4.89. The van der Waals surface area contributed by atoms with E-state index >= 15 is 0 Å². The van der Waals surface area contributed by atoms with E-state index in [0.29, 0.717) is 0 Å². The highest BCUT2D eigenvalue weighted by Crippen LogP contribution is 2.07. The van der Waals surface area contributed by atoms with Crippen LogP contribution in [-0.2, 0) is 23.9 Å². The van der Waals surface area contributed by atoms with E-state index in [0.717, 1.165) is 7.11 Å². The maximum atomic E-state index is 12.2. The van der Waals surface area contributed by atoms with Gasteiger partial charge in [-0.25, -0.2) is 4.79 Å². The van der Waals surface area contributed by atoms with Gasteiger partial charge in [-0.05, 0) is 25.2 Å². The molecule has 0 saturated heterocycles. The SMILES string of the molecule is COC(=O)C(=O)C(CC(C)C)NC(=O)C(C)NC(=O)C(N)C(C)C. The Kier molecular flexibility index (Phi) is 9.20. The van der Waals surface area contributed by atoms with Crippen LogP contribution in [0.1, 0.15) is 41.0 Å². The van der Waals surface area contributed by atoms with E-state index in [-0.39, 0.29) is 18.3 Å². The van der Waals surface area contributed by atoms with Crippen molar-refractivity contribution in [2.75, 3.05) is 7.11 Å². The molecule has 4 N–H and O–H groups in total. The first kappa shape index (κ1) is 22.0. The summed E-state index contributed by atoms with van der Waals surface area (Å²) in [7, 11) is 1.10. The number of amides is 2. The van der Waals surface area contributed by atoms with Crippen LogP contribution in [0, 0.1) is 11.8 Å². The molecule has 0 aromatic rings. The predicted octanol–water partition coefficient (Wildman–Crippen LogP) is -0.253. The number of nitrogens with one attached hydrogen (secondary N) is 2. The van der Waals surface area contributed by atoms with Crippen molar-refractivity contribution >= 4 is 23.6 Å². The molecule has 0 rings (SSSR count). The summed E-state index contributed by atoms with van der Waals surface area (Å²) in [4.78, 5) is 47.5. The highest BCUT2D eigenvalue weighted by Gasteiger charge is 2.30. The molecule has 3 atom stereocenters. The van der Waals surface area contributed by atoms with Crippen molar-refractivity contribution in [1.82, 2.24) is 10.6 Å². The zero-order chi connectivity index (χ0) is 19.0. The Labute approximate surface area is 142 Å². The van der Waals surface area contributed by atoms with Crippen LogP contribution in [-0.4, -0.2) is 48.8 Å².